The Labute approximate surface area is 154 Å². The van der Waals surface area contributed by atoms with Gasteiger partial charge in [0.1, 0.15) is 11.6 Å². The zero-order valence-electron chi connectivity index (χ0n) is 14.4. The van der Waals surface area contributed by atoms with Gasteiger partial charge < -0.3 is 4.90 Å². The van der Waals surface area contributed by atoms with Crippen LogP contribution < -0.4 is 0 Å². The Kier molecular flexibility index (Phi) is 4.62. The van der Waals surface area contributed by atoms with Crippen LogP contribution in [0.4, 0.5) is 8.78 Å². The summed E-state index contributed by atoms with van der Waals surface area (Å²) in [5, 5.41) is 11.8. The summed E-state index contributed by atoms with van der Waals surface area (Å²) in [5.41, 5.74) is 0.380. The number of hydrogen-bond donors (Lipinski definition) is 0. The number of likely N-dealkylation sites (tertiary alicyclic amines) is 1. The fraction of sp³-hybridized carbons (Fsp3) is 0.263. The highest BCUT2D eigenvalue weighted by Gasteiger charge is 2.28. The zero-order valence-corrected chi connectivity index (χ0v) is 14.4. The third-order valence-electron chi connectivity index (χ3n) is 4.65. The Bertz CT molecular complexity index is 939. The minimum Gasteiger partial charge on any atom is -0.338 e. The molecule has 0 N–H and O–H groups in total. The van der Waals surface area contributed by atoms with E-state index in [0.717, 1.165) is 18.6 Å². The molecule has 0 saturated carbocycles. The maximum absolute atomic E-state index is 13.9. The third-order valence-corrected chi connectivity index (χ3v) is 4.65. The topological polar surface area (TPSA) is 63.9 Å². The van der Waals surface area contributed by atoms with Crippen molar-refractivity contribution in [1.82, 2.24) is 25.1 Å². The molecule has 27 heavy (non-hydrogen) atoms. The van der Waals surface area contributed by atoms with Gasteiger partial charge in [-0.2, -0.15) is 4.80 Å². The van der Waals surface area contributed by atoms with Crippen molar-refractivity contribution in [2.24, 2.45) is 5.92 Å². The predicted octanol–water partition coefficient (Wildman–Crippen LogP) is 2.78. The van der Waals surface area contributed by atoms with E-state index in [-0.39, 0.29) is 23.2 Å². The van der Waals surface area contributed by atoms with Gasteiger partial charge in [-0.25, -0.2) is 8.78 Å². The van der Waals surface area contributed by atoms with Gasteiger partial charge in [-0.1, -0.05) is 24.3 Å². The van der Waals surface area contributed by atoms with Gasteiger partial charge >= 0.3 is 0 Å². The summed E-state index contributed by atoms with van der Waals surface area (Å²) in [6, 6.07) is 12.7. The van der Waals surface area contributed by atoms with Gasteiger partial charge in [-0.3, -0.25) is 4.79 Å². The molecule has 6 nitrogen and oxygen atoms in total. The fourth-order valence-electron chi connectivity index (χ4n) is 3.29. The number of nitrogens with zero attached hydrogens (tertiary/aromatic N) is 5. The first-order chi connectivity index (χ1) is 13.1. The first-order valence-corrected chi connectivity index (χ1v) is 8.68. The van der Waals surface area contributed by atoms with Crippen molar-refractivity contribution >= 4 is 5.91 Å². The molecule has 0 bridgehead atoms. The van der Waals surface area contributed by atoms with Crippen molar-refractivity contribution in [3.63, 3.8) is 0 Å². The molecule has 0 aliphatic carbocycles. The molecule has 1 aliphatic rings. The quantitative estimate of drug-likeness (QED) is 0.709. The summed E-state index contributed by atoms with van der Waals surface area (Å²) in [6.07, 6.45) is 0.809. The van der Waals surface area contributed by atoms with Gasteiger partial charge in [0.2, 0.25) is 5.82 Å². The van der Waals surface area contributed by atoms with Gasteiger partial charge in [0.05, 0.1) is 12.1 Å². The summed E-state index contributed by atoms with van der Waals surface area (Å²) >= 11 is 0. The number of carbonyl (C=O) groups excluding carboxylic acids is 1. The van der Waals surface area contributed by atoms with Gasteiger partial charge in [0, 0.05) is 18.7 Å². The number of tetrazole rings is 1. The Hall–Kier alpha value is -3.16. The maximum atomic E-state index is 13.9. The minimum atomic E-state index is -0.727. The van der Waals surface area contributed by atoms with Crippen LogP contribution in [0.1, 0.15) is 16.8 Å². The lowest BCUT2D eigenvalue weighted by atomic mass is 10.1. The van der Waals surface area contributed by atoms with Crippen LogP contribution in [0, 0.1) is 17.6 Å². The van der Waals surface area contributed by atoms with Crippen LogP contribution in [-0.4, -0.2) is 44.1 Å². The highest BCUT2D eigenvalue weighted by Crippen LogP contribution is 2.23. The van der Waals surface area contributed by atoms with Gasteiger partial charge in [0.15, 0.2) is 0 Å². The molecule has 8 heteroatoms. The summed E-state index contributed by atoms with van der Waals surface area (Å²) in [6.45, 7) is 1.67. The molecule has 1 atom stereocenters. The fourth-order valence-corrected chi connectivity index (χ4v) is 3.29. The number of aromatic nitrogens is 4. The Morgan fingerprint density at radius 2 is 1.81 bits per heavy atom. The molecule has 3 aromatic rings. The van der Waals surface area contributed by atoms with E-state index < -0.39 is 11.6 Å². The second-order valence-electron chi connectivity index (χ2n) is 6.54. The first kappa shape index (κ1) is 17.3. The molecule has 2 aromatic carbocycles. The Morgan fingerprint density at radius 3 is 2.56 bits per heavy atom. The molecular weight excluding hydrogens is 352 g/mol. The monoisotopic (exact) mass is 369 g/mol. The van der Waals surface area contributed by atoms with Crippen LogP contribution in [0.15, 0.2) is 48.5 Å². The molecule has 0 spiro atoms. The van der Waals surface area contributed by atoms with Crippen LogP contribution in [0.25, 0.3) is 11.4 Å². The molecular formula is C19H17F2N5O. The van der Waals surface area contributed by atoms with Crippen molar-refractivity contribution in [2.45, 2.75) is 13.0 Å². The van der Waals surface area contributed by atoms with Crippen molar-refractivity contribution in [1.29, 1.82) is 0 Å². The highest BCUT2D eigenvalue weighted by molar-refractivity contribution is 5.94. The first-order valence-electron chi connectivity index (χ1n) is 8.68. The number of rotatable bonds is 4. The second-order valence-corrected chi connectivity index (χ2v) is 6.54. The van der Waals surface area contributed by atoms with Crippen LogP contribution in [0.5, 0.6) is 0 Å². The zero-order chi connectivity index (χ0) is 18.8. The molecule has 1 amide bonds. The molecule has 2 heterocycles. The minimum absolute atomic E-state index is 0.00114. The summed E-state index contributed by atoms with van der Waals surface area (Å²) in [7, 11) is 0. The standard InChI is InChI=1S/C19H17F2N5O/c20-15-7-4-8-16(21)17(15)18-22-24-26(23-18)12-13-9-10-25(11-13)19(27)14-5-2-1-3-6-14/h1-8,13H,9-12H2. The molecule has 1 saturated heterocycles. The van der Waals surface area contributed by atoms with Crippen molar-refractivity contribution < 1.29 is 13.6 Å². The predicted molar refractivity (Wildman–Crippen MR) is 93.6 cm³/mol. The molecule has 4 rings (SSSR count). The number of amides is 1. The average molecular weight is 369 g/mol. The summed E-state index contributed by atoms with van der Waals surface area (Å²) in [5.74, 6) is -1.38. The molecule has 138 valence electrons. The molecule has 1 fully saturated rings. The lowest BCUT2D eigenvalue weighted by molar-refractivity contribution is 0.0785. The average Bonchev–Trinajstić information content (AvgIpc) is 3.32. The van der Waals surface area contributed by atoms with E-state index in [2.05, 4.69) is 15.4 Å². The van der Waals surface area contributed by atoms with Gasteiger partial charge in [0.25, 0.3) is 5.91 Å². The molecule has 1 unspecified atom stereocenters. The third kappa shape index (κ3) is 3.55. The lowest BCUT2D eigenvalue weighted by Gasteiger charge is -2.16. The van der Waals surface area contributed by atoms with E-state index in [1.807, 2.05) is 18.2 Å². The van der Waals surface area contributed by atoms with Crippen LogP contribution in [0.3, 0.4) is 0 Å². The number of benzene rings is 2. The lowest BCUT2D eigenvalue weighted by Crippen LogP contribution is -2.29. The van der Waals surface area contributed by atoms with Crippen molar-refractivity contribution in [3.8, 4) is 11.4 Å². The van der Waals surface area contributed by atoms with Crippen LogP contribution in [-0.2, 0) is 6.54 Å². The van der Waals surface area contributed by atoms with Crippen molar-refractivity contribution in [3.05, 3.63) is 65.7 Å². The highest BCUT2D eigenvalue weighted by atomic mass is 19.1. The molecule has 1 aliphatic heterocycles. The second kappa shape index (κ2) is 7.22. The van der Waals surface area contributed by atoms with Crippen LogP contribution in [0.2, 0.25) is 0 Å². The van der Waals surface area contributed by atoms with E-state index in [1.165, 1.54) is 10.9 Å². The van der Waals surface area contributed by atoms with E-state index in [4.69, 9.17) is 0 Å². The van der Waals surface area contributed by atoms with E-state index in [1.54, 1.807) is 17.0 Å². The SMILES string of the molecule is O=C(c1ccccc1)N1CCC(Cn2nnc(-c3c(F)cccc3F)n2)C1. The largest absolute Gasteiger partial charge is 0.338 e. The maximum Gasteiger partial charge on any atom is 0.253 e. The Morgan fingerprint density at radius 1 is 1.07 bits per heavy atom. The number of halogens is 2. The molecule has 1 aromatic heterocycles. The number of hydrogen-bond acceptors (Lipinski definition) is 4. The normalized spacial score (nSPS) is 16.7. The van der Waals surface area contributed by atoms with Crippen LogP contribution >= 0.6 is 0 Å². The van der Waals surface area contributed by atoms with Gasteiger partial charge in [-0.15, -0.1) is 10.2 Å². The van der Waals surface area contributed by atoms with Crippen molar-refractivity contribution in [2.75, 3.05) is 13.1 Å². The summed E-state index contributed by atoms with van der Waals surface area (Å²) < 4.78 is 27.7. The smallest absolute Gasteiger partial charge is 0.253 e. The Balaban J connectivity index is 1.43. The van der Waals surface area contributed by atoms with E-state index >= 15 is 0 Å². The van der Waals surface area contributed by atoms with E-state index in [9.17, 15) is 13.6 Å². The van der Waals surface area contributed by atoms with E-state index in [0.29, 0.717) is 25.2 Å². The summed E-state index contributed by atoms with van der Waals surface area (Å²) in [4.78, 5) is 15.6. The molecule has 0 radical (unpaired) electrons. The van der Waals surface area contributed by atoms with Gasteiger partial charge in [-0.05, 0) is 41.8 Å². The number of carbonyl (C=O) groups is 1.